The molecule has 0 amide bonds. The molecule has 0 rings (SSSR count). The van der Waals surface area contributed by atoms with E-state index in [-0.39, 0.29) is 5.75 Å². The normalized spacial score (nSPS) is 11.8. The summed E-state index contributed by atoms with van der Waals surface area (Å²) in [5.41, 5.74) is 2.52. The highest BCUT2D eigenvalue weighted by Gasteiger charge is 2.07. The smallest absolute Gasteiger partial charge is 0.151 e. The molecule has 0 aliphatic carbocycles. The number of hydrogen-bond donors (Lipinski definition) is 2. The van der Waals surface area contributed by atoms with Gasteiger partial charge in [-0.1, -0.05) is 6.92 Å². The van der Waals surface area contributed by atoms with Gasteiger partial charge in [0.2, 0.25) is 0 Å². The van der Waals surface area contributed by atoms with Gasteiger partial charge in [0.05, 0.1) is 5.75 Å². The lowest BCUT2D eigenvalue weighted by atomic mass is 10.6. The first-order valence-electron chi connectivity index (χ1n) is 4.34. The Kier molecular flexibility index (Phi) is 7.74. The van der Waals surface area contributed by atoms with Crippen LogP contribution in [-0.2, 0) is 9.84 Å². The fourth-order valence-corrected chi connectivity index (χ4v) is 3.61. The maximum Gasteiger partial charge on any atom is 0.151 e. The number of nitrogens with one attached hydrogen (secondary N) is 1. The molecule has 0 aliphatic heterocycles. The molecular formula is C7H18N2O2S2. The van der Waals surface area contributed by atoms with E-state index in [0.717, 1.165) is 12.3 Å². The van der Waals surface area contributed by atoms with Crippen LogP contribution in [0.2, 0.25) is 0 Å². The molecule has 80 valence electrons. The second-order valence-corrected chi connectivity index (χ2v) is 6.25. The Balaban J connectivity index is 3.41. The summed E-state index contributed by atoms with van der Waals surface area (Å²) in [5.74, 6) is 7.19. The minimum absolute atomic E-state index is 0.288. The van der Waals surface area contributed by atoms with E-state index in [1.54, 1.807) is 11.8 Å². The van der Waals surface area contributed by atoms with Crippen molar-refractivity contribution in [1.29, 1.82) is 0 Å². The molecular weight excluding hydrogens is 208 g/mol. The summed E-state index contributed by atoms with van der Waals surface area (Å²) in [6.45, 7) is 2.60. The Hall–Kier alpha value is 0.220. The van der Waals surface area contributed by atoms with Crippen LogP contribution < -0.4 is 11.3 Å². The molecule has 0 heterocycles. The highest BCUT2D eigenvalue weighted by atomic mass is 32.2. The van der Waals surface area contributed by atoms with Crippen molar-refractivity contribution in [1.82, 2.24) is 5.43 Å². The van der Waals surface area contributed by atoms with E-state index in [4.69, 9.17) is 5.84 Å². The zero-order valence-corrected chi connectivity index (χ0v) is 9.59. The van der Waals surface area contributed by atoms with Crippen LogP contribution in [-0.4, -0.2) is 38.0 Å². The van der Waals surface area contributed by atoms with Gasteiger partial charge < -0.3 is 0 Å². The van der Waals surface area contributed by atoms with Crippen molar-refractivity contribution in [3.63, 3.8) is 0 Å². The fourth-order valence-electron chi connectivity index (χ4n) is 0.832. The lowest BCUT2D eigenvalue weighted by Crippen LogP contribution is -2.24. The van der Waals surface area contributed by atoms with Crippen LogP contribution in [0.25, 0.3) is 0 Å². The Bertz CT molecular complexity index is 205. The molecule has 0 spiro atoms. The molecule has 0 bridgehead atoms. The molecule has 0 aromatic heterocycles. The average molecular weight is 226 g/mol. The first-order valence-corrected chi connectivity index (χ1v) is 7.31. The molecule has 0 unspecified atom stereocenters. The number of rotatable bonds is 8. The Labute approximate surface area is 84.5 Å². The second kappa shape index (κ2) is 7.61. The van der Waals surface area contributed by atoms with Crippen molar-refractivity contribution in [2.45, 2.75) is 13.3 Å². The number of nitrogens with two attached hydrogens (primary N) is 1. The van der Waals surface area contributed by atoms with E-state index in [1.165, 1.54) is 0 Å². The Morgan fingerprint density at radius 1 is 1.31 bits per heavy atom. The zero-order chi connectivity index (χ0) is 10.2. The first-order chi connectivity index (χ1) is 6.12. The van der Waals surface area contributed by atoms with E-state index in [0.29, 0.717) is 17.9 Å². The third-order valence-electron chi connectivity index (χ3n) is 1.44. The van der Waals surface area contributed by atoms with E-state index < -0.39 is 9.84 Å². The molecule has 0 atom stereocenters. The van der Waals surface area contributed by atoms with Gasteiger partial charge in [-0.2, -0.15) is 11.8 Å². The van der Waals surface area contributed by atoms with E-state index in [1.807, 2.05) is 6.92 Å². The summed E-state index contributed by atoms with van der Waals surface area (Å²) < 4.78 is 22.4. The molecule has 6 heteroatoms. The maximum absolute atomic E-state index is 11.2. The van der Waals surface area contributed by atoms with Gasteiger partial charge in [0.1, 0.15) is 0 Å². The summed E-state index contributed by atoms with van der Waals surface area (Å²) in [6.07, 6.45) is 0.706. The predicted molar refractivity (Wildman–Crippen MR) is 58.5 cm³/mol. The van der Waals surface area contributed by atoms with Crippen LogP contribution >= 0.6 is 11.8 Å². The maximum atomic E-state index is 11.2. The van der Waals surface area contributed by atoms with E-state index in [2.05, 4.69) is 5.43 Å². The summed E-state index contributed by atoms with van der Waals surface area (Å²) in [6, 6.07) is 0. The molecule has 0 saturated heterocycles. The van der Waals surface area contributed by atoms with Crippen LogP contribution in [0, 0.1) is 0 Å². The van der Waals surface area contributed by atoms with Crippen molar-refractivity contribution in [3.8, 4) is 0 Å². The third kappa shape index (κ3) is 8.55. The molecule has 0 saturated carbocycles. The van der Waals surface area contributed by atoms with Gasteiger partial charge in [0, 0.05) is 23.8 Å². The van der Waals surface area contributed by atoms with Gasteiger partial charge in [-0.3, -0.25) is 11.3 Å². The number of hydrogen-bond acceptors (Lipinski definition) is 5. The molecule has 0 aromatic carbocycles. The SMILES string of the molecule is CCCS(=O)(=O)CCSCCNN. The zero-order valence-electron chi connectivity index (χ0n) is 7.95. The van der Waals surface area contributed by atoms with Crippen LogP contribution in [0.5, 0.6) is 0 Å². The van der Waals surface area contributed by atoms with Crippen molar-refractivity contribution in [3.05, 3.63) is 0 Å². The molecule has 0 fully saturated rings. The van der Waals surface area contributed by atoms with Gasteiger partial charge >= 0.3 is 0 Å². The van der Waals surface area contributed by atoms with Crippen molar-refractivity contribution in [2.24, 2.45) is 5.84 Å². The first kappa shape index (κ1) is 13.2. The van der Waals surface area contributed by atoms with Gasteiger partial charge in [-0.25, -0.2) is 8.42 Å². The van der Waals surface area contributed by atoms with Crippen LogP contribution in [0.15, 0.2) is 0 Å². The minimum atomic E-state index is -2.79. The number of sulfone groups is 1. The quantitative estimate of drug-likeness (QED) is 0.346. The van der Waals surface area contributed by atoms with Crippen LogP contribution in [0.3, 0.4) is 0 Å². The third-order valence-corrected chi connectivity index (χ3v) is 4.54. The largest absolute Gasteiger partial charge is 0.271 e. The van der Waals surface area contributed by atoms with Gasteiger partial charge in [-0.15, -0.1) is 0 Å². The summed E-state index contributed by atoms with van der Waals surface area (Å²) in [7, 11) is -2.79. The van der Waals surface area contributed by atoms with Gasteiger partial charge in [0.15, 0.2) is 9.84 Å². The Morgan fingerprint density at radius 2 is 2.00 bits per heavy atom. The lowest BCUT2D eigenvalue weighted by molar-refractivity contribution is 0.596. The predicted octanol–water partition coefficient (Wildman–Crippen LogP) is 0.00770. The molecule has 0 aromatic rings. The van der Waals surface area contributed by atoms with E-state index >= 15 is 0 Å². The van der Waals surface area contributed by atoms with Crippen LogP contribution in [0.1, 0.15) is 13.3 Å². The molecule has 0 aliphatic rings. The fraction of sp³-hybridized carbons (Fsp3) is 1.00. The minimum Gasteiger partial charge on any atom is -0.271 e. The highest BCUT2D eigenvalue weighted by molar-refractivity contribution is 8.00. The van der Waals surface area contributed by atoms with Crippen molar-refractivity contribution < 1.29 is 8.42 Å². The lowest BCUT2D eigenvalue weighted by Gasteiger charge is -2.02. The van der Waals surface area contributed by atoms with Gasteiger partial charge in [-0.05, 0) is 6.42 Å². The monoisotopic (exact) mass is 226 g/mol. The van der Waals surface area contributed by atoms with E-state index in [9.17, 15) is 8.42 Å². The Morgan fingerprint density at radius 3 is 2.54 bits per heavy atom. The van der Waals surface area contributed by atoms with Crippen molar-refractivity contribution in [2.75, 3.05) is 29.6 Å². The molecule has 4 nitrogen and oxygen atoms in total. The standard InChI is InChI=1S/C7H18N2O2S2/c1-2-6-13(10,11)7-5-12-4-3-9-8/h9H,2-8H2,1H3. The summed E-state index contributed by atoms with van der Waals surface area (Å²) >= 11 is 1.61. The van der Waals surface area contributed by atoms with Crippen molar-refractivity contribution >= 4 is 21.6 Å². The summed E-state index contributed by atoms with van der Waals surface area (Å²) in [5, 5.41) is 0. The summed E-state index contributed by atoms with van der Waals surface area (Å²) in [4.78, 5) is 0. The molecule has 3 N–H and O–H groups in total. The number of thioether (sulfide) groups is 1. The molecule has 0 radical (unpaired) electrons. The average Bonchev–Trinajstić information content (AvgIpc) is 2.04. The second-order valence-electron chi connectivity index (χ2n) is 2.72. The topological polar surface area (TPSA) is 72.2 Å². The molecule has 13 heavy (non-hydrogen) atoms. The van der Waals surface area contributed by atoms with Crippen LogP contribution in [0.4, 0.5) is 0 Å². The van der Waals surface area contributed by atoms with Gasteiger partial charge in [0.25, 0.3) is 0 Å². The number of hydrazine groups is 1. The highest BCUT2D eigenvalue weighted by Crippen LogP contribution is 2.02.